The van der Waals surface area contributed by atoms with Gasteiger partial charge in [-0.15, -0.1) is 0 Å². The van der Waals surface area contributed by atoms with E-state index in [0.717, 1.165) is 43.3 Å². The number of hydrogen-bond acceptors (Lipinski definition) is 4. The van der Waals surface area contributed by atoms with Crippen LogP contribution < -0.4 is 9.64 Å². The molecule has 0 amide bonds. The highest BCUT2D eigenvalue weighted by atomic mass is 35.5. The molecule has 0 bridgehead atoms. The summed E-state index contributed by atoms with van der Waals surface area (Å²) >= 11 is 6.26. The Hall–Kier alpha value is -2.24. The first-order chi connectivity index (χ1) is 12.7. The lowest BCUT2D eigenvalue weighted by Gasteiger charge is -2.30. The van der Waals surface area contributed by atoms with E-state index in [1.807, 2.05) is 37.4 Å². The number of aromatic hydroxyl groups is 1. The molecule has 0 atom stereocenters. The number of hydrazone groups is 1. The summed E-state index contributed by atoms with van der Waals surface area (Å²) in [5, 5.41) is 17.3. The van der Waals surface area contributed by atoms with Gasteiger partial charge in [-0.25, -0.2) is 0 Å². The van der Waals surface area contributed by atoms with Gasteiger partial charge in [-0.05, 0) is 36.8 Å². The van der Waals surface area contributed by atoms with Gasteiger partial charge < -0.3 is 14.7 Å². The predicted octanol–water partition coefficient (Wildman–Crippen LogP) is 2.18. The lowest BCUT2D eigenvalue weighted by atomic mass is 10.2. The molecule has 1 aliphatic heterocycles. The van der Waals surface area contributed by atoms with E-state index in [9.17, 15) is 5.11 Å². The Morgan fingerprint density at radius 1 is 1.23 bits per heavy atom. The number of nitrogens with zero attached hydrogens (tertiary/aromatic N) is 2. The minimum absolute atomic E-state index is 0.154. The number of ether oxygens (including phenoxy) is 1. The van der Waals surface area contributed by atoms with Gasteiger partial charge in [-0.3, -0.25) is 5.01 Å². The normalized spacial score (nSPS) is 15.5. The van der Waals surface area contributed by atoms with Crippen molar-refractivity contribution in [3.8, 4) is 11.5 Å². The molecule has 0 saturated carbocycles. The van der Waals surface area contributed by atoms with Crippen LogP contribution in [0.2, 0.25) is 5.02 Å². The van der Waals surface area contributed by atoms with Crippen LogP contribution in [0, 0.1) is 0 Å². The third kappa shape index (κ3) is 4.90. The van der Waals surface area contributed by atoms with Crippen LogP contribution in [0.3, 0.4) is 0 Å². The highest BCUT2D eigenvalue weighted by Crippen LogP contribution is 2.26. The summed E-state index contributed by atoms with van der Waals surface area (Å²) in [5.74, 6) is 0.645. The zero-order valence-corrected chi connectivity index (χ0v) is 15.7. The first-order valence-electron chi connectivity index (χ1n) is 8.97. The number of rotatable bonds is 6. The molecule has 0 unspecified atom stereocenters. The van der Waals surface area contributed by atoms with E-state index in [4.69, 9.17) is 16.3 Å². The lowest BCUT2D eigenvalue weighted by molar-refractivity contribution is -0.918. The minimum atomic E-state index is 0.154. The summed E-state index contributed by atoms with van der Waals surface area (Å²) < 4.78 is 5.41. The van der Waals surface area contributed by atoms with Crippen LogP contribution in [0.25, 0.3) is 0 Å². The average molecular weight is 375 g/mol. The van der Waals surface area contributed by atoms with Gasteiger partial charge >= 0.3 is 0 Å². The molecule has 138 valence electrons. The van der Waals surface area contributed by atoms with Crippen LogP contribution in [0.15, 0.2) is 47.6 Å². The maximum atomic E-state index is 9.76. The van der Waals surface area contributed by atoms with Gasteiger partial charge in [0.1, 0.15) is 6.54 Å². The highest BCUT2D eigenvalue weighted by Gasteiger charge is 2.19. The van der Waals surface area contributed by atoms with E-state index in [1.54, 1.807) is 12.1 Å². The van der Waals surface area contributed by atoms with Crippen molar-refractivity contribution in [3.05, 3.63) is 58.6 Å². The molecule has 0 aromatic heterocycles. The van der Waals surface area contributed by atoms with Gasteiger partial charge in [0, 0.05) is 10.6 Å². The molecule has 1 heterocycles. The summed E-state index contributed by atoms with van der Waals surface area (Å²) in [5.41, 5.74) is 2.12. The van der Waals surface area contributed by atoms with Gasteiger partial charge in [0.15, 0.2) is 11.5 Å². The van der Waals surface area contributed by atoms with Crippen LogP contribution >= 0.6 is 11.6 Å². The van der Waals surface area contributed by atoms with Crippen LogP contribution in [-0.2, 0) is 6.54 Å². The van der Waals surface area contributed by atoms with Crippen molar-refractivity contribution in [2.45, 2.75) is 13.5 Å². The molecule has 2 N–H and O–H groups in total. The molecule has 0 spiro atoms. The molecule has 1 fully saturated rings. The molecular formula is C20H25ClN3O2+. The second-order valence-electron chi connectivity index (χ2n) is 6.38. The Bertz CT molecular complexity index is 758. The van der Waals surface area contributed by atoms with Crippen LogP contribution in [0.4, 0.5) is 0 Å². The van der Waals surface area contributed by atoms with Gasteiger partial charge in [0.25, 0.3) is 0 Å². The molecule has 1 saturated heterocycles. The van der Waals surface area contributed by atoms with E-state index in [-0.39, 0.29) is 5.75 Å². The fourth-order valence-electron chi connectivity index (χ4n) is 3.04. The zero-order chi connectivity index (χ0) is 18.4. The highest BCUT2D eigenvalue weighted by molar-refractivity contribution is 6.31. The van der Waals surface area contributed by atoms with Crippen molar-refractivity contribution < 1.29 is 14.7 Å². The number of benzene rings is 2. The fraction of sp³-hybridized carbons (Fsp3) is 0.350. The molecular weight excluding hydrogens is 350 g/mol. The van der Waals surface area contributed by atoms with Crippen molar-refractivity contribution in [1.82, 2.24) is 5.01 Å². The van der Waals surface area contributed by atoms with Gasteiger partial charge in [0.2, 0.25) is 0 Å². The Morgan fingerprint density at radius 2 is 2.00 bits per heavy atom. The van der Waals surface area contributed by atoms with Crippen molar-refractivity contribution in [2.24, 2.45) is 5.10 Å². The molecule has 0 radical (unpaired) electrons. The number of phenols is 1. The van der Waals surface area contributed by atoms with E-state index in [0.29, 0.717) is 12.4 Å². The Labute approximate surface area is 159 Å². The van der Waals surface area contributed by atoms with Crippen LogP contribution in [0.1, 0.15) is 18.1 Å². The Kier molecular flexibility index (Phi) is 6.36. The molecule has 3 rings (SSSR count). The standard InChI is InChI=1S/C20H24ClN3O2/c1-2-26-20-13-16(7-8-19(20)25)14-22-24-11-9-23(10-12-24)15-17-5-3-4-6-18(17)21/h3-8,13-14,25H,2,9-12,15H2,1H3/p+1/b22-14+. The quantitative estimate of drug-likeness (QED) is 0.762. The van der Waals surface area contributed by atoms with Crippen molar-refractivity contribution >= 4 is 17.8 Å². The smallest absolute Gasteiger partial charge is 0.161 e. The molecule has 6 heteroatoms. The van der Waals surface area contributed by atoms with Crippen molar-refractivity contribution in [3.63, 3.8) is 0 Å². The number of hydrogen-bond donors (Lipinski definition) is 2. The molecule has 0 aliphatic carbocycles. The lowest BCUT2D eigenvalue weighted by Crippen LogP contribution is -3.13. The Balaban J connectivity index is 1.53. The predicted molar refractivity (Wildman–Crippen MR) is 104 cm³/mol. The number of piperazine rings is 1. The average Bonchev–Trinajstić information content (AvgIpc) is 2.65. The van der Waals surface area contributed by atoms with E-state index >= 15 is 0 Å². The topological polar surface area (TPSA) is 49.5 Å². The van der Waals surface area contributed by atoms with Gasteiger partial charge in [-0.2, -0.15) is 5.10 Å². The largest absolute Gasteiger partial charge is 0.504 e. The van der Waals surface area contributed by atoms with Crippen molar-refractivity contribution in [2.75, 3.05) is 32.8 Å². The summed E-state index contributed by atoms with van der Waals surface area (Å²) in [7, 11) is 0. The number of phenolic OH excluding ortho intramolecular Hbond substituents is 1. The second-order valence-corrected chi connectivity index (χ2v) is 6.78. The van der Waals surface area contributed by atoms with E-state index in [1.165, 1.54) is 10.5 Å². The fourth-order valence-corrected chi connectivity index (χ4v) is 3.25. The molecule has 5 nitrogen and oxygen atoms in total. The first-order valence-corrected chi connectivity index (χ1v) is 9.35. The third-order valence-corrected chi connectivity index (χ3v) is 4.87. The summed E-state index contributed by atoms with van der Waals surface area (Å²) in [6.07, 6.45) is 1.82. The van der Waals surface area contributed by atoms with Gasteiger partial charge in [0.05, 0.1) is 39.0 Å². The second kappa shape index (κ2) is 8.92. The minimum Gasteiger partial charge on any atom is -0.504 e. The zero-order valence-electron chi connectivity index (χ0n) is 15.0. The Morgan fingerprint density at radius 3 is 2.73 bits per heavy atom. The van der Waals surface area contributed by atoms with Crippen LogP contribution in [-0.4, -0.2) is 49.1 Å². The summed E-state index contributed by atoms with van der Waals surface area (Å²) in [6, 6.07) is 13.3. The van der Waals surface area contributed by atoms with E-state index < -0.39 is 0 Å². The number of nitrogens with one attached hydrogen (secondary N) is 1. The molecule has 26 heavy (non-hydrogen) atoms. The summed E-state index contributed by atoms with van der Waals surface area (Å²) in [6.45, 7) is 7.24. The third-order valence-electron chi connectivity index (χ3n) is 4.50. The van der Waals surface area contributed by atoms with Crippen LogP contribution in [0.5, 0.6) is 11.5 Å². The number of halogens is 1. The van der Waals surface area contributed by atoms with Crippen molar-refractivity contribution in [1.29, 1.82) is 0 Å². The molecule has 1 aliphatic rings. The maximum Gasteiger partial charge on any atom is 0.161 e. The molecule has 2 aromatic carbocycles. The monoisotopic (exact) mass is 374 g/mol. The van der Waals surface area contributed by atoms with Gasteiger partial charge in [-0.1, -0.05) is 29.8 Å². The molecule has 2 aromatic rings. The first kappa shape index (κ1) is 18.5. The number of quaternary nitrogens is 1. The summed E-state index contributed by atoms with van der Waals surface area (Å²) in [4.78, 5) is 1.52. The maximum absolute atomic E-state index is 9.76. The van der Waals surface area contributed by atoms with E-state index in [2.05, 4.69) is 16.2 Å². The SMILES string of the molecule is CCOc1cc(/C=N/N2CC[NH+](Cc3ccccc3Cl)CC2)ccc1O.